The van der Waals surface area contributed by atoms with Crippen LogP contribution < -0.4 is 10.5 Å². The van der Waals surface area contributed by atoms with Gasteiger partial charge in [-0.2, -0.15) is 0 Å². The van der Waals surface area contributed by atoms with Crippen LogP contribution in [0.5, 0.6) is 5.75 Å². The Kier molecular flexibility index (Phi) is 6.82. The van der Waals surface area contributed by atoms with Gasteiger partial charge in [-0.05, 0) is 24.1 Å². The van der Waals surface area contributed by atoms with E-state index < -0.39 is 0 Å². The highest BCUT2D eigenvalue weighted by atomic mass is 35.5. The summed E-state index contributed by atoms with van der Waals surface area (Å²) in [5.74, 6) is 1.61. The second-order valence-electron chi connectivity index (χ2n) is 5.36. The zero-order valence-electron chi connectivity index (χ0n) is 12.4. The first kappa shape index (κ1) is 16.8. The molecule has 0 unspecified atom stereocenters. The number of nitrogens with zero attached hydrogens (tertiary/aromatic N) is 1. The fourth-order valence-electron chi connectivity index (χ4n) is 2.14. The van der Waals surface area contributed by atoms with Crippen molar-refractivity contribution in [2.75, 3.05) is 20.2 Å². The van der Waals surface area contributed by atoms with Gasteiger partial charge in [0.05, 0.1) is 12.9 Å². The van der Waals surface area contributed by atoms with Gasteiger partial charge in [-0.15, -0.1) is 0 Å². The van der Waals surface area contributed by atoms with Crippen molar-refractivity contribution in [3.8, 4) is 5.75 Å². The standard InChI is InChI=1S/C15H24ClN3O/c1-11(2)9-19(7-6-15(17)18)10-12-8-13(16)4-5-14(12)20-3/h4-5,8,11H,6-7,9-10H2,1-3H3,(H3,17,18). The third kappa shape index (κ3) is 5.80. The molecule has 0 aliphatic carbocycles. The number of nitrogens with one attached hydrogen (secondary N) is 1. The van der Waals surface area contributed by atoms with Crippen LogP contribution in [0, 0.1) is 11.3 Å². The van der Waals surface area contributed by atoms with E-state index in [1.54, 1.807) is 7.11 Å². The molecule has 112 valence electrons. The quantitative estimate of drug-likeness (QED) is 0.572. The molecule has 0 aliphatic heterocycles. The van der Waals surface area contributed by atoms with E-state index in [1.807, 2.05) is 18.2 Å². The lowest BCUT2D eigenvalue weighted by Gasteiger charge is -2.25. The second-order valence-corrected chi connectivity index (χ2v) is 5.80. The van der Waals surface area contributed by atoms with Crippen LogP contribution in [0.3, 0.4) is 0 Å². The van der Waals surface area contributed by atoms with Crippen molar-refractivity contribution < 1.29 is 4.74 Å². The molecule has 0 bridgehead atoms. The lowest BCUT2D eigenvalue weighted by atomic mass is 10.1. The van der Waals surface area contributed by atoms with Crippen LogP contribution in [0.4, 0.5) is 0 Å². The van der Waals surface area contributed by atoms with Crippen LogP contribution in [-0.4, -0.2) is 30.9 Å². The summed E-state index contributed by atoms with van der Waals surface area (Å²) in [4.78, 5) is 2.28. The van der Waals surface area contributed by atoms with Gasteiger partial charge < -0.3 is 10.5 Å². The van der Waals surface area contributed by atoms with E-state index in [0.717, 1.165) is 30.9 Å². The van der Waals surface area contributed by atoms with Crippen molar-refractivity contribution in [3.05, 3.63) is 28.8 Å². The van der Waals surface area contributed by atoms with Crippen LogP contribution in [-0.2, 0) is 6.54 Å². The number of rotatable bonds is 8. The zero-order valence-corrected chi connectivity index (χ0v) is 13.2. The van der Waals surface area contributed by atoms with Crippen molar-refractivity contribution in [3.63, 3.8) is 0 Å². The number of hydrogen-bond acceptors (Lipinski definition) is 3. The summed E-state index contributed by atoms with van der Waals surface area (Å²) in [6.07, 6.45) is 0.579. The summed E-state index contributed by atoms with van der Waals surface area (Å²) in [6.45, 7) is 6.81. The number of nitrogens with two attached hydrogens (primary N) is 1. The highest BCUT2D eigenvalue weighted by molar-refractivity contribution is 6.30. The van der Waals surface area contributed by atoms with Crippen LogP contribution in [0.2, 0.25) is 5.02 Å². The fourth-order valence-corrected chi connectivity index (χ4v) is 2.34. The first-order valence-electron chi connectivity index (χ1n) is 6.80. The number of halogens is 1. The van der Waals surface area contributed by atoms with Crippen LogP contribution in [0.1, 0.15) is 25.8 Å². The number of benzene rings is 1. The van der Waals surface area contributed by atoms with Crippen molar-refractivity contribution in [1.82, 2.24) is 4.90 Å². The third-order valence-corrected chi connectivity index (χ3v) is 3.19. The number of amidine groups is 1. The van der Waals surface area contributed by atoms with E-state index >= 15 is 0 Å². The molecule has 5 heteroatoms. The third-order valence-electron chi connectivity index (χ3n) is 2.96. The molecule has 0 amide bonds. The van der Waals surface area contributed by atoms with Gasteiger partial charge in [0.15, 0.2) is 0 Å². The van der Waals surface area contributed by atoms with Gasteiger partial charge in [-0.3, -0.25) is 10.3 Å². The molecule has 0 saturated carbocycles. The van der Waals surface area contributed by atoms with E-state index in [1.165, 1.54) is 0 Å². The maximum absolute atomic E-state index is 7.37. The SMILES string of the molecule is COc1ccc(Cl)cc1CN(CCC(=N)N)CC(C)C. The molecular formula is C15H24ClN3O. The van der Waals surface area contributed by atoms with E-state index in [2.05, 4.69) is 18.7 Å². The molecule has 1 aromatic rings. The number of hydrogen-bond donors (Lipinski definition) is 2. The predicted molar refractivity (Wildman–Crippen MR) is 84.7 cm³/mol. The summed E-state index contributed by atoms with van der Waals surface area (Å²) >= 11 is 6.06. The molecule has 20 heavy (non-hydrogen) atoms. The smallest absolute Gasteiger partial charge is 0.123 e. The Hall–Kier alpha value is -1.26. The van der Waals surface area contributed by atoms with E-state index in [9.17, 15) is 0 Å². The summed E-state index contributed by atoms with van der Waals surface area (Å²) in [5.41, 5.74) is 6.52. The Bertz CT molecular complexity index is 449. The highest BCUT2D eigenvalue weighted by Gasteiger charge is 2.12. The molecule has 1 rings (SSSR count). The largest absolute Gasteiger partial charge is 0.496 e. The minimum atomic E-state index is 0.219. The molecule has 0 saturated heterocycles. The lowest BCUT2D eigenvalue weighted by molar-refractivity contribution is 0.239. The van der Waals surface area contributed by atoms with Gasteiger partial charge >= 0.3 is 0 Å². The average Bonchev–Trinajstić information content (AvgIpc) is 2.35. The van der Waals surface area contributed by atoms with Crippen molar-refractivity contribution in [2.45, 2.75) is 26.8 Å². The molecular weight excluding hydrogens is 274 g/mol. The summed E-state index contributed by atoms with van der Waals surface area (Å²) in [5, 5.41) is 8.07. The first-order chi connectivity index (χ1) is 9.42. The van der Waals surface area contributed by atoms with Crippen molar-refractivity contribution in [1.29, 1.82) is 5.41 Å². The normalized spacial score (nSPS) is 11.1. The Balaban J connectivity index is 2.81. The van der Waals surface area contributed by atoms with Gasteiger partial charge in [0, 0.05) is 36.6 Å². The van der Waals surface area contributed by atoms with Crippen LogP contribution in [0.15, 0.2) is 18.2 Å². The zero-order chi connectivity index (χ0) is 15.1. The van der Waals surface area contributed by atoms with E-state index in [4.69, 9.17) is 27.5 Å². The Morgan fingerprint density at radius 3 is 2.70 bits per heavy atom. The minimum absolute atomic E-state index is 0.219. The molecule has 0 spiro atoms. The molecule has 3 N–H and O–H groups in total. The monoisotopic (exact) mass is 297 g/mol. The Morgan fingerprint density at radius 1 is 1.45 bits per heavy atom. The summed E-state index contributed by atoms with van der Waals surface area (Å²) in [7, 11) is 1.66. The summed E-state index contributed by atoms with van der Waals surface area (Å²) < 4.78 is 5.38. The maximum Gasteiger partial charge on any atom is 0.123 e. The average molecular weight is 298 g/mol. The molecule has 0 aromatic heterocycles. The lowest BCUT2D eigenvalue weighted by Crippen LogP contribution is -2.31. The van der Waals surface area contributed by atoms with E-state index in [0.29, 0.717) is 17.4 Å². The van der Waals surface area contributed by atoms with Crippen LogP contribution >= 0.6 is 11.6 Å². The summed E-state index contributed by atoms with van der Waals surface area (Å²) in [6, 6.07) is 5.64. The molecule has 0 aliphatic rings. The van der Waals surface area contributed by atoms with Gasteiger partial charge in [-0.25, -0.2) is 0 Å². The highest BCUT2D eigenvalue weighted by Crippen LogP contribution is 2.24. The van der Waals surface area contributed by atoms with Crippen molar-refractivity contribution in [2.24, 2.45) is 11.7 Å². The fraction of sp³-hybridized carbons (Fsp3) is 0.533. The predicted octanol–water partition coefficient (Wildman–Crippen LogP) is 3.13. The molecule has 0 radical (unpaired) electrons. The number of ether oxygens (including phenoxy) is 1. The second kappa shape index (κ2) is 8.12. The molecule has 4 nitrogen and oxygen atoms in total. The molecule has 0 atom stereocenters. The Morgan fingerprint density at radius 2 is 2.15 bits per heavy atom. The maximum atomic E-state index is 7.37. The molecule has 0 heterocycles. The Labute approximate surface area is 126 Å². The number of methoxy groups -OCH3 is 1. The topological polar surface area (TPSA) is 62.3 Å². The van der Waals surface area contributed by atoms with Gasteiger partial charge in [-0.1, -0.05) is 25.4 Å². The first-order valence-corrected chi connectivity index (χ1v) is 7.17. The van der Waals surface area contributed by atoms with E-state index in [-0.39, 0.29) is 5.84 Å². The van der Waals surface area contributed by atoms with Gasteiger partial charge in [0.2, 0.25) is 0 Å². The van der Waals surface area contributed by atoms with Crippen molar-refractivity contribution >= 4 is 17.4 Å². The van der Waals surface area contributed by atoms with Gasteiger partial charge in [0.25, 0.3) is 0 Å². The molecule has 0 fully saturated rings. The van der Waals surface area contributed by atoms with Crippen LogP contribution in [0.25, 0.3) is 0 Å². The molecule has 1 aromatic carbocycles. The van der Waals surface area contributed by atoms with Gasteiger partial charge in [0.1, 0.15) is 5.75 Å². The minimum Gasteiger partial charge on any atom is -0.496 e.